The molecule has 3 saturated heterocycles. The van der Waals surface area contributed by atoms with E-state index in [1.54, 1.807) is 30.2 Å². The van der Waals surface area contributed by atoms with Crippen molar-refractivity contribution in [2.45, 2.75) is 110 Å². The molecule has 7 rings (SSSR count). The fourth-order valence-electron chi connectivity index (χ4n) is 10.2. The van der Waals surface area contributed by atoms with E-state index in [4.69, 9.17) is 24.2 Å². The molecule has 2 aromatic heterocycles. The van der Waals surface area contributed by atoms with E-state index < -0.39 is 46.9 Å². The van der Waals surface area contributed by atoms with Gasteiger partial charge in [0.2, 0.25) is 11.8 Å². The largest absolute Gasteiger partial charge is 0.464 e. The fraction of sp³-hybridized carbons (Fsp3) is 0.549. The predicted octanol–water partition coefficient (Wildman–Crippen LogP) is 5.63. The van der Waals surface area contributed by atoms with Gasteiger partial charge in [0.05, 0.1) is 48.0 Å². The molecule has 0 radical (unpaired) electrons. The monoisotopic (exact) mass is 967 g/mol. The maximum atomic E-state index is 14.7. The Morgan fingerprint density at radius 3 is 2.55 bits per heavy atom. The first-order valence-corrected chi connectivity index (χ1v) is 24.9. The number of allylic oxidation sites excluding steroid dienone is 2. The number of nitrogens with zero attached hydrogens (tertiary/aromatic N) is 7. The van der Waals surface area contributed by atoms with Crippen molar-refractivity contribution in [2.75, 3.05) is 60.2 Å². The van der Waals surface area contributed by atoms with Crippen molar-refractivity contribution in [2.24, 2.45) is 16.3 Å². The molecule has 4 aliphatic heterocycles. The molecule has 372 valence electrons. The number of cyclic esters (lactones) is 1. The maximum Gasteiger partial charge on any atom is 0.324 e. The van der Waals surface area contributed by atoms with Gasteiger partial charge in [0, 0.05) is 92.4 Å². The van der Waals surface area contributed by atoms with Gasteiger partial charge in [0.25, 0.3) is 5.91 Å². The van der Waals surface area contributed by atoms with Crippen LogP contribution in [0.3, 0.4) is 0 Å². The van der Waals surface area contributed by atoms with E-state index in [0.717, 1.165) is 44.7 Å². The van der Waals surface area contributed by atoms with E-state index in [-0.39, 0.29) is 63.2 Å². The van der Waals surface area contributed by atoms with Crippen LogP contribution in [0.5, 0.6) is 0 Å². The molecule has 6 bridgehead atoms. The van der Waals surface area contributed by atoms with E-state index >= 15 is 0 Å². The summed E-state index contributed by atoms with van der Waals surface area (Å²) in [6, 6.07) is 3.02. The van der Waals surface area contributed by atoms with Crippen LogP contribution in [-0.4, -0.2) is 155 Å². The maximum absolute atomic E-state index is 14.7. The highest BCUT2D eigenvalue weighted by Crippen LogP contribution is 2.40. The quantitative estimate of drug-likeness (QED) is 0.106. The lowest BCUT2D eigenvalue weighted by Crippen LogP contribution is -2.77. The van der Waals surface area contributed by atoms with Gasteiger partial charge < -0.3 is 38.8 Å². The Balaban J connectivity index is 1.27. The highest BCUT2D eigenvalue weighted by atomic mass is 32.1. The number of likely N-dealkylation sites (N-methyl/N-ethyl adjacent to an activating group) is 1. The zero-order chi connectivity index (χ0) is 49.9. The number of fused-ring (bicyclic) bond motifs is 6. The number of benzene rings is 1. The number of hydrogen-bond donors (Lipinski definition) is 2. The number of rotatable bonds is 11. The zero-order valence-electron chi connectivity index (χ0n) is 41.6. The van der Waals surface area contributed by atoms with Gasteiger partial charge in [-0.15, -0.1) is 11.3 Å². The molecule has 4 atom stereocenters. The summed E-state index contributed by atoms with van der Waals surface area (Å²) in [6.07, 6.45) is 6.08. The predicted molar refractivity (Wildman–Crippen MR) is 267 cm³/mol. The first-order valence-electron chi connectivity index (χ1n) is 24.0. The average Bonchev–Trinajstić information content (AvgIpc) is 3.92. The van der Waals surface area contributed by atoms with Crippen LogP contribution in [0, 0.1) is 11.3 Å². The number of urea groups is 1. The van der Waals surface area contributed by atoms with Crippen molar-refractivity contribution in [3.63, 3.8) is 0 Å². The molecule has 5 amide bonds. The molecule has 18 heteroatoms. The molecule has 3 fully saturated rings. The number of thiazole rings is 1. The summed E-state index contributed by atoms with van der Waals surface area (Å²) < 4.78 is 20.0. The number of carbonyl (C=O) groups excluding carboxylic acids is 5. The number of nitrogens with one attached hydrogen (secondary N) is 2. The average molecular weight is 968 g/mol. The van der Waals surface area contributed by atoms with E-state index in [2.05, 4.69) is 61.4 Å². The van der Waals surface area contributed by atoms with Crippen LogP contribution in [0.1, 0.15) is 77.6 Å². The lowest BCUT2D eigenvalue weighted by molar-refractivity contribution is -0.156. The van der Waals surface area contributed by atoms with Gasteiger partial charge in [-0.2, -0.15) is 0 Å². The van der Waals surface area contributed by atoms with Gasteiger partial charge in [-0.05, 0) is 69.7 Å². The van der Waals surface area contributed by atoms with E-state index in [1.807, 2.05) is 45.2 Å². The van der Waals surface area contributed by atoms with Gasteiger partial charge in [0.15, 0.2) is 0 Å². The molecule has 2 N–H and O–H groups in total. The molecule has 17 nitrogen and oxygen atoms in total. The third-order valence-corrected chi connectivity index (χ3v) is 14.6. The zero-order valence-corrected chi connectivity index (χ0v) is 42.4. The molecule has 69 heavy (non-hydrogen) atoms. The third kappa shape index (κ3) is 10.3. The molecular formula is C51H69N9O8S. The SMILES string of the molecule is C=CC(=O)N1CC2(COCCN2C(=O)N(C)[C@H](C(=O)N[C@H]2Cc3nc(cs3)-c3ccc4c(c3)c(c(/C(C=C)=C(/N=C\C)[C@H](C)OC)n4CC)CC(C)(C)COC(=O)[C@@H]3CCCN(N3)C2=O)C(C)C)C1. The molecule has 0 unspecified atom stereocenters. The molecule has 0 saturated carbocycles. The number of hydrazine groups is 1. The van der Waals surface area contributed by atoms with E-state index in [9.17, 15) is 24.0 Å². The summed E-state index contributed by atoms with van der Waals surface area (Å²) in [5.41, 5.74) is 8.06. The van der Waals surface area contributed by atoms with E-state index in [0.29, 0.717) is 44.0 Å². The molecule has 3 aromatic rings. The lowest BCUT2D eigenvalue weighted by atomic mass is 9.84. The molecule has 1 aromatic carbocycles. The standard InChI is InChI=1S/C51H69N9O8S/c1-12-34(43(52-14-3)32(7)66-11)45-36-25-50(8,9)29-68-48(64)37-17-16-20-60(55-37)47(63)38(24-41-53-39(26-69-41)33-18-19-40(35(36)23-33)58(45)15-4)54-46(62)44(31(5)6)56(10)49(65)59-21-22-67-30-51(59)27-57(28-51)42(61)13-2/h12-14,18-19,23,26,31-32,37-38,44,55H,1-2,15-17,20-22,24-25,27-30H2,3-11H3,(H,54,62)/b43-34+,52-14-/t32-,37-,38-,44-/m0/s1. The Morgan fingerprint density at radius 1 is 1.13 bits per heavy atom. The third-order valence-electron chi connectivity index (χ3n) is 13.8. The summed E-state index contributed by atoms with van der Waals surface area (Å²) in [6.45, 7) is 24.2. The minimum Gasteiger partial charge on any atom is -0.464 e. The summed E-state index contributed by atoms with van der Waals surface area (Å²) in [7, 11) is 3.26. The Kier molecular flexibility index (Phi) is 15.7. The van der Waals surface area contributed by atoms with Crippen LogP contribution in [0.15, 0.2) is 59.6 Å². The number of likely N-dealkylation sites (tertiary alicyclic amines) is 1. The number of ether oxygens (including phenoxy) is 3. The number of hydrogen-bond acceptors (Lipinski definition) is 12. The van der Waals surface area contributed by atoms with Gasteiger partial charge >= 0.3 is 12.0 Å². The summed E-state index contributed by atoms with van der Waals surface area (Å²) in [4.78, 5) is 84.8. The number of esters is 1. The van der Waals surface area contributed by atoms with Gasteiger partial charge in [-0.3, -0.25) is 29.2 Å². The number of aliphatic imine (C=N–C) groups is 1. The van der Waals surface area contributed by atoms with Crippen LogP contribution in [0.25, 0.3) is 27.7 Å². The number of carbonyl (C=O) groups is 5. The molecule has 6 heterocycles. The highest BCUT2D eigenvalue weighted by Gasteiger charge is 2.54. The number of aromatic nitrogens is 2. The van der Waals surface area contributed by atoms with Crippen LogP contribution in [0.2, 0.25) is 0 Å². The van der Waals surface area contributed by atoms with Gasteiger partial charge in [0.1, 0.15) is 23.7 Å². The fourth-order valence-corrected chi connectivity index (χ4v) is 11.1. The van der Waals surface area contributed by atoms with Crippen molar-refractivity contribution in [1.82, 2.24) is 40.0 Å². The lowest BCUT2D eigenvalue weighted by Gasteiger charge is -2.57. The normalized spacial score (nSPS) is 21.9. The van der Waals surface area contributed by atoms with Crippen molar-refractivity contribution < 1.29 is 38.2 Å². The molecule has 1 spiro atoms. The van der Waals surface area contributed by atoms with Crippen LogP contribution in [0.4, 0.5) is 4.79 Å². The summed E-state index contributed by atoms with van der Waals surface area (Å²) in [5.74, 6) is -2.01. The van der Waals surface area contributed by atoms with Crippen molar-refractivity contribution in [3.05, 3.63) is 70.9 Å². The second-order valence-electron chi connectivity index (χ2n) is 19.6. The summed E-state index contributed by atoms with van der Waals surface area (Å²) in [5, 5.41) is 8.04. The first kappa shape index (κ1) is 51.2. The number of morpholine rings is 1. The summed E-state index contributed by atoms with van der Waals surface area (Å²) >= 11 is 1.39. The van der Waals surface area contributed by atoms with Crippen molar-refractivity contribution in [1.29, 1.82) is 0 Å². The Hall–Kier alpha value is -5.69. The number of aryl methyl sites for hydroxylation is 1. The second kappa shape index (κ2) is 21.1. The first-order chi connectivity index (χ1) is 32.9. The van der Waals surface area contributed by atoms with Crippen LogP contribution in [-0.2, 0) is 52.8 Å². The topological polar surface area (TPSA) is 180 Å². The Labute approximate surface area is 409 Å². The number of amides is 5. The highest BCUT2D eigenvalue weighted by molar-refractivity contribution is 7.10. The Bertz CT molecular complexity index is 2540. The second-order valence-corrected chi connectivity index (χ2v) is 20.6. The van der Waals surface area contributed by atoms with Crippen LogP contribution >= 0.6 is 11.3 Å². The van der Waals surface area contributed by atoms with Gasteiger partial charge in [-0.25, -0.2) is 15.2 Å². The van der Waals surface area contributed by atoms with E-state index in [1.165, 1.54) is 27.3 Å². The smallest absolute Gasteiger partial charge is 0.324 e. The van der Waals surface area contributed by atoms with Crippen molar-refractivity contribution in [3.8, 4) is 11.3 Å². The van der Waals surface area contributed by atoms with Gasteiger partial charge in [-0.1, -0.05) is 53.0 Å². The van der Waals surface area contributed by atoms with Crippen LogP contribution < -0.4 is 10.7 Å². The minimum atomic E-state index is -1.12. The minimum absolute atomic E-state index is 0.0503. The Morgan fingerprint density at radius 2 is 1.88 bits per heavy atom. The molecule has 4 aliphatic rings. The van der Waals surface area contributed by atoms with Crippen molar-refractivity contribution >= 4 is 63.7 Å². The number of methoxy groups -OCH3 is 1. The molecule has 0 aliphatic carbocycles. The molecular weight excluding hydrogens is 899 g/mol.